The van der Waals surface area contributed by atoms with Gasteiger partial charge in [-0.25, -0.2) is 0 Å². The molecule has 1 atom stereocenters. The average Bonchev–Trinajstić information content (AvgIpc) is 1.83. The quantitative estimate of drug-likeness (QED) is 0.554. The van der Waals surface area contributed by atoms with E-state index < -0.39 is 0 Å². The molecule has 2 nitrogen and oxygen atoms in total. The fourth-order valence-electron chi connectivity index (χ4n) is 0.579. The Kier molecular flexibility index (Phi) is 4.32. The second-order valence-corrected chi connectivity index (χ2v) is 2.47. The van der Waals surface area contributed by atoms with Crippen LogP contribution >= 0.6 is 0 Å². The molecule has 0 spiro atoms. The maximum atomic E-state index is 7.28. The minimum absolute atomic E-state index is 0.247. The van der Waals surface area contributed by atoms with Gasteiger partial charge in [-0.2, -0.15) is 0 Å². The van der Waals surface area contributed by atoms with Gasteiger partial charge >= 0.3 is 0 Å². The lowest BCUT2D eigenvalue weighted by atomic mass is 10.1. The molecule has 0 aromatic rings. The lowest BCUT2D eigenvalue weighted by Gasteiger charge is -2.03. The molecule has 1 unspecified atom stereocenters. The van der Waals surface area contributed by atoms with Gasteiger partial charge in [-0.1, -0.05) is 6.92 Å². The Morgan fingerprint density at radius 1 is 1.67 bits per heavy atom. The van der Waals surface area contributed by atoms with Crippen molar-refractivity contribution < 1.29 is 0 Å². The zero-order valence-electron chi connectivity index (χ0n) is 6.28. The molecule has 0 aromatic carbocycles. The van der Waals surface area contributed by atoms with Gasteiger partial charge in [0.1, 0.15) is 0 Å². The molecular weight excluding hydrogens is 112 g/mol. The van der Waals surface area contributed by atoms with Crippen molar-refractivity contribution in [1.82, 2.24) is 0 Å². The second kappa shape index (κ2) is 4.50. The summed E-state index contributed by atoms with van der Waals surface area (Å²) in [6.45, 7) is 3.98. The van der Waals surface area contributed by atoms with Crippen molar-refractivity contribution in [2.24, 2.45) is 5.73 Å². The predicted octanol–water partition coefficient (Wildman–Crippen LogP) is 1.54. The molecule has 0 saturated carbocycles. The predicted molar refractivity (Wildman–Crippen MR) is 40.9 cm³/mol. The van der Waals surface area contributed by atoms with Crippen LogP contribution in [-0.2, 0) is 0 Å². The van der Waals surface area contributed by atoms with E-state index in [9.17, 15) is 0 Å². The largest absolute Gasteiger partial charge is 0.328 e. The molecule has 2 heteroatoms. The topological polar surface area (TPSA) is 49.9 Å². The van der Waals surface area contributed by atoms with Crippen molar-refractivity contribution in [3.8, 4) is 0 Å². The lowest BCUT2D eigenvalue weighted by Crippen LogP contribution is -2.15. The molecule has 3 N–H and O–H groups in total. The summed E-state index contributed by atoms with van der Waals surface area (Å²) in [5, 5.41) is 7.28. The van der Waals surface area contributed by atoms with Gasteiger partial charge in [0.25, 0.3) is 0 Å². The fraction of sp³-hybridized carbons (Fsp3) is 0.857. The van der Waals surface area contributed by atoms with E-state index in [1.54, 1.807) is 0 Å². The molecule has 0 aliphatic rings. The van der Waals surface area contributed by atoms with Crippen molar-refractivity contribution in [3.63, 3.8) is 0 Å². The molecule has 0 amide bonds. The standard InChI is InChI=1S/C7H16N2/c1-3-7(9)5-4-6(2)8/h6,9H,3-5,8H2,1-2H3. The number of hydrogen-bond acceptors (Lipinski definition) is 2. The molecule has 54 valence electrons. The van der Waals surface area contributed by atoms with E-state index in [1.165, 1.54) is 0 Å². The Hall–Kier alpha value is -0.370. The molecule has 0 fully saturated rings. The Bertz CT molecular complexity index is 86.9. The molecule has 0 bridgehead atoms. The minimum Gasteiger partial charge on any atom is -0.328 e. The summed E-state index contributed by atoms with van der Waals surface area (Å²) in [6, 6.07) is 0.247. The molecule has 0 saturated heterocycles. The van der Waals surface area contributed by atoms with Crippen LogP contribution in [0.5, 0.6) is 0 Å². The maximum Gasteiger partial charge on any atom is 0.00870 e. The van der Waals surface area contributed by atoms with Gasteiger partial charge in [0.2, 0.25) is 0 Å². The highest BCUT2D eigenvalue weighted by molar-refractivity contribution is 5.80. The van der Waals surface area contributed by atoms with Crippen LogP contribution in [0, 0.1) is 5.41 Å². The normalized spacial score (nSPS) is 13.2. The van der Waals surface area contributed by atoms with E-state index in [0.717, 1.165) is 25.0 Å². The highest BCUT2D eigenvalue weighted by Gasteiger charge is 1.96. The van der Waals surface area contributed by atoms with Crippen molar-refractivity contribution in [3.05, 3.63) is 0 Å². The first-order valence-corrected chi connectivity index (χ1v) is 3.48. The first-order valence-electron chi connectivity index (χ1n) is 3.48. The fourth-order valence-corrected chi connectivity index (χ4v) is 0.579. The Balaban J connectivity index is 3.17. The summed E-state index contributed by atoms with van der Waals surface area (Å²) in [6.07, 6.45) is 2.69. The maximum absolute atomic E-state index is 7.28. The Morgan fingerprint density at radius 2 is 2.22 bits per heavy atom. The third-order valence-corrected chi connectivity index (χ3v) is 1.33. The van der Waals surface area contributed by atoms with E-state index in [4.69, 9.17) is 11.1 Å². The van der Waals surface area contributed by atoms with Gasteiger partial charge in [-0.3, -0.25) is 0 Å². The van der Waals surface area contributed by atoms with Crippen molar-refractivity contribution >= 4 is 5.71 Å². The zero-order chi connectivity index (χ0) is 7.28. The van der Waals surface area contributed by atoms with Gasteiger partial charge in [0.05, 0.1) is 0 Å². The van der Waals surface area contributed by atoms with Gasteiger partial charge in [0.15, 0.2) is 0 Å². The highest BCUT2D eigenvalue weighted by Crippen LogP contribution is 1.96. The number of nitrogens with two attached hydrogens (primary N) is 1. The summed E-state index contributed by atoms with van der Waals surface area (Å²) in [5.74, 6) is 0. The third-order valence-electron chi connectivity index (χ3n) is 1.33. The summed E-state index contributed by atoms with van der Waals surface area (Å²) in [4.78, 5) is 0. The van der Waals surface area contributed by atoms with E-state index in [0.29, 0.717) is 0 Å². The minimum atomic E-state index is 0.247. The van der Waals surface area contributed by atoms with Crippen LogP contribution in [-0.4, -0.2) is 11.8 Å². The lowest BCUT2D eigenvalue weighted by molar-refractivity contribution is 0.683. The van der Waals surface area contributed by atoms with Crippen LogP contribution < -0.4 is 5.73 Å². The van der Waals surface area contributed by atoms with Crippen molar-refractivity contribution in [1.29, 1.82) is 5.41 Å². The molecule has 9 heavy (non-hydrogen) atoms. The monoisotopic (exact) mass is 128 g/mol. The number of nitrogens with one attached hydrogen (secondary N) is 1. The zero-order valence-corrected chi connectivity index (χ0v) is 6.28. The molecule has 0 radical (unpaired) electrons. The molecule has 0 aromatic heterocycles. The van der Waals surface area contributed by atoms with Crippen LogP contribution in [0.2, 0.25) is 0 Å². The highest BCUT2D eigenvalue weighted by atomic mass is 14.6. The van der Waals surface area contributed by atoms with E-state index in [1.807, 2.05) is 13.8 Å². The van der Waals surface area contributed by atoms with Crippen LogP contribution in [0.1, 0.15) is 33.1 Å². The van der Waals surface area contributed by atoms with Gasteiger partial charge in [0, 0.05) is 11.8 Å². The molecular formula is C7H16N2. The van der Waals surface area contributed by atoms with Gasteiger partial charge in [-0.05, 0) is 26.2 Å². The smallest absolute Gasteiger partial charge is 0.00870 e. The summed E-state index contributed by atoms with van der Waals surface area (Å²) < 4.78 is 0. The van der Waals surface area contributed by atoms with Crippen LogP contribution in [0.15, 0.2) is 0 Å². The van der Waals surface area contributed by atoms with Crippen molar-refractivity contribution in [2.75, 3.05) is 0 Å². The van der Waals surface area contributed by atoms with Crippen molar-refractivity contribution in [2.45, 2.75) is 39.2 Å². The third kappa shape index (κ3) is 5.50. The molecule has 0 heterocycles. The Morgan fingerprint density at radius 3 is 2.56 bits per heavy atom. The van der Waals surface area contributed by atoms with Crippen LogP contribution in [0.4, 0.5) is 0 Å². The first-order chi connectivity index (χ1) is 4.16. The van der Waals surface area contributed by atoms with Crippen LogP contribution in [0.25, 0.3) is 0 Å². The van der Waals surface area contributed by atoms with E-state index in [-0.39, 0.29) is 6.04 Å². The van der Waals surface area contributed by atoms with Gasteiger partial charge < -0.3 is 11.1 Å². The first kappa shape index (κ1) is 8.63. The van der Waals surface area contributed by atoms with E-state index in [2.05, 4.69) is 0 Å². The Labute approximate surface area is 57.0 Å². The van der Waals surface area contributed by atoms with Gasteiger partial charge in [-0.15, -0.1) is 0 Å². The summed E-state index contributed by atoms with van der Waals surface area (Å²) in [7, 11) is 0. The molecule has 0 rings (SSSR count). The summed E-state index contributed by atoms with van der Waals surface area (Å²) in [5.41, 5.74) is 6.31. The average molecular weight is 128 g/mol. The second-order valence-electron chi connectivity index (χ2n) is 2.47. The number of rotatable bonds is 4. The molecule has 0 aliphatic carbocycles. The summed E-state index contributed by atoms with van der Waals surface area (Å²) >= 11 is 0. The van der Waals surface area contributed by atoms with E-state index >= 15 is 0 Å². The van der Waals surface area contributed by atoms with Crippen LogP contribution in [0.3, 0.4) is 0 Å². The molecule has 0 aliphatic heterocycles. The number of hydrogen-bond donors (Lipinski definition) is 2. The SMILES string of the molecule is CCC(=N)CCC(C)N.